The molecule has 1 aliphatic heterocycles. The van der Waals surface area contributed by atoms with E-state index in [-0.39, 0.29) is 12.0 Å². The summed E-state index contributed by atoms with van der Waals surface area (Å²) in [6, 6.07) is 9.59. The van der Waals surface area contributed by atoms with Crippen molar-refractivity contribution in [3.05, 3.63) is 35.9 Å². The van der Waals surface area contributed by atoms with Crippen LogP contribution in [-0.2, 0) is 15.1 Å². The van der Waals surface area contributed by atoms with E-state index in [0.717, 1.165) is 45.1 Å². The zero-order valence-corrected chi connectivity index (χ0v) is 13.9. The molecule has 0 aromatic heterocycles. The molecule has 0 radical (unpaired) electrons. The number of esters is 1. The molecule has 2 atom stereocenters. The first-order valence-corrected chi connectivity index (χ1v) is 8.77. The largest absolute Gasteiger partial charge is 0.462 e. The maximum Gasteiger partial charge on any atom is 0.343 e. The molecule has 23 heavy (non-hydrogen) atoms. The lowest BCUT2D eigenvalue weighted by Crippen LogP contribution is -2.45. The maximum atomic E-state index is 12.8. The molecular weight excluding hydrogens is 290 g/mol. The Bertz CT molecular complexity index is 527. The molecule has 2 fully saturated rings. The second-order valence-corrected chi connectivity index (χ2v) is 6.99. The number of likely N-dealkylation sites (N-methyl/N-ethyl adjacent to an activating group) is 1. The highest BCUT2D eigenvalue weighted by Crippen LogP contribution is 2.41. The number of aliphatic hydroxyl groups is 1. The average Bonchev–Trinajstić information content (AvgIpc) is 3.24. The molecule has 126 valence electrons. The number of likely N-dealkylation sites (tertiary alicyclic amines) is 1. The van der Waals surface area contributed by atoms with E-state index in [9.17, 15) is 9.90 Å². The molecule has 0 spiro atoms. The summed E-state index contributed by atoms with van der Waals surface area (Å²) < 4.78 is 5.60. The lowest BCUT2D eigenvalue weighted by molar-refractivity contribution is -0.175. The monoisotopic (exact) mass is 317 g/mol. The highest BCUT2D eigenvalue weighted by Gasteiger charge is 2.48. The molecule has 4 nitrogen and oxygen atoms in total. The van der Waals surface area contributed by atoms with Crippen molar-refractivity contribution in [3.8, 4) is 0 Å². The van der Waals surface area contributed by atoms with Gasteiger partial charge in [-0.3, -0.25) is 0 Å². The minimum absolute atomic E-state index is 0.0429. The Hall–Kier alpha value is -1.39. The Labute approximate surface area is 138 Å². The predicted molar refractivity (Wildman–Crippen MR) is 88.9 cm³/mol. The van der Waals surface area contributed by atoms with Crippen LogP contribution in [0.3, 0.4) is 0 Å². The normalized spacial score (nSPS) is 25.4. The zero-order chi connectivity index (χ0) is 16.3. The molecule has 4 heteroatoms. The number of benzene rings is 1. The third-order valence-corrected chi connectivity index (χ3v) is 5.55. The molecule has 1 aromatic rings. The fourth-order valence-corrected chi connectivity index (χ4v) is 4.03. The van der Waals surface area contributed by atoms with Crippen LogP contribution < -0.4 is 0 Å². The summed E-state index contributed by atoms with van der Waals surface area (Å²) >= 11 is 0. The minimum atomic E-state index is -1.51. The predicted octanol–water partition coefficient (Wildman–Crippen LogP) is 2.70. The van der Waals surface area contributed by atoms with Crippen molar-refractivity contribution < 1.29 is 14.6 Å². The molecule has 3 rings (SSSR count). The number of hydrogen-bond donors (Lipinski definition) is 1. The summed E-state index contributed by atoms with van der Waals surface area (Å²) in [6.45, 7) is 1.42. The van der Waals surface area contributed by atoms with E-state index in [1.807, 2.05) is 30.3 Å². The van der Waals surface area contributed by atoms with Gasteiger partial charge in [0.2, 0.25) is 0 Å². The van der Waals surface area contributed by atoms with Gasteiger partial charge in [-0.1, -0.05) is 43.2 Å². The molecule has 2 aliphatic rings. The molecule has 1 heterocycles. The van der Waals surface area contributed by atoms with Crippen molar-refractivity contribution in [1.82, 2.24) is 4.90 Å². The molecule has 1 aliphatic carbocycles. The van der Waals surface area contributed by atoms with Crippen LogP contribution in [0.4, 0.5) is 0 Å². The van der Waals surface area contributed by atoms with Crippen LogP contribution >= 0.6 is 0 Å². The zero-order valence-electron chi connectivity index (χ0n) is 13.9. The molecule has 1 aromatic carbocycles. The van der Waals surface area contributed by atoms with Gasteiger partial charge in [-0.25, -0.2) is 4.79 Å². The van der Waals surface area contributed by atoms with Gasteiger partial charge in [-0.05, 0) is 44.8 Å². The van der Waals surface area contributed by atoms with E-state index in [4.69, 9.17) is 4.74 Å². The van der Waals surface area contributed by atoms with Crippen molar-refractivity contribution in [1.29, 1.82) is 0 Å². The van der Waals surface area contributed by atoms with E-state index in [0.29, 0.717) is 12.2 Å². The van der Waals surface area contributed by atoms with Gasteiger partial charge < -0.3 is 14.7 Å². The summed E-state index contributed by atoms with van der Waals surface area (Å²) in [5.41, 5.74) is -0.841. The lowest BCUT2D eigenvalue weighted by Gasteiger charge is -2.33. The van der Waals surface area contributed by atoms with Gasteiger partial charge in [-0.15, -0.1) is 0 Å². The summed E-state index contributed by atoms with van der Waals surface area (Å²) in [5, 5.41) is 11.3. The third-order valence-electron chi connectivity index (χ3n) is 5.55. The minimum Gasteiger partial charge on any atom is -0.462 e. The topological polar surface area (TPSA) is 49.8 Å². The standard InChI is InChI=1S/C19H27NO3/c1-20-13-7-12-17(20)14-23-18(21)19(22,16-10-5-6-11-16)15-8-3-2-4-9-15/h2-4,8-9,16-17,22H,5-7,10-14H2,1H3. The second-order valence-electron chi connectivity index (χ2n) is 6.99. The summed E-state index contributed by atoms with van der Waals surface area (Å²) in [6.07, 6.45) is 6.09. The van der Waals surface area contributed by atoms with Gasteiger partial charge in [0.1, 0.15) is 6.61 Å². The Morgan fingerprint density at radius 1 is 1.22 bits per heavy atom. The van der Waals surface area contributed by atoms with Gasteiger partial charge in [0, 0.05) is 12.0 Å². The Kier molecular flexibility index (Phi) is 5.02. The number of hydrogen-bond acceptors (Lipinski definition) is 4. The number of nitrogens with zero attached hydrogens (tertiary/aromatic N) is 1. The van der Waals surface area contributed by atoms with Gasteiger partial charge >= 0.3 is 5.97 Å². The summed E-state index contributed by atoms with van der Waals surface area (Å²) in [4.78, 5) is 15.1. The van der Waals surface area contributed by atoms with Crippen LogP contribution in [-0.4, -0.2) is 42.2 Å². The highest BCUT2D eigenvalue weighted by molar-refractivity contribution is 5.81. The van der Waals surface area contributed by atoms with Crippen molar-refractivity contribution >= 4 is 5.97 Å². The van der Waals surface area contributed by atoms with Crippen molar-refractivity contribution in [2.75, 3.05) is 20.2 Å². The van der Waals surface area contributed by atoms with Crippen LogP contribution in [0.15, 0.2) is 30.3 Å². The molecule has 0 bridgehead atoms. The van der Waals surface area contributed by atoms with Gasteiger partial charge in [0.25, 0.3) is 0 Å². The smallest absolute Gasteiger partial charge is 0.343 e. The van der Waals surface area contributed by atoms with E-state index in [2.05, 4.69) is 11.9 Å². The number of rotatable bonds is 5. The molecule has 2 unspecified atom stereocenters. The van der Waals surface area contributed by atoms with Crippen LogP contribution in [0.5, 0.6) is 0 Å². The van der Waals surface area contributed by atoms with E-state index < -0.39 is 11.6 Å². The van der Waals surface area contributed by atoms with E-state index in [1.165, 1.54) is 0 Å². The Balaban J connectivity index is 1.76. The highest BCUT2D eigenvalue weighted by atomic mass is 16.6. The average molecular weight is 317 g/mol. The maximum absolute atomic E-state index is 12.8. The Morgan fingerprint density at radius 3 is 2.52 bits per heavy atom. The summed E-state index contributed by atoms with van der Waals surface area (Å²) in [5.74, 6) is -0.519. The molecule has 1 saturated carbocycles. The lowest BCUT2D eigenvalue weighted by atomic mass is 9.80. The van der Waals surface area contributed by atoms with Gasteiger partial charge in [-0.2, -0.15) is 0 Å². The summed E-state index contributed by atoms with van der Waals surface area (Å²) in [7, 11) is 2.06. The fourth-order valence-electron chi connectivity index (χ4n) is 4.03. The molecule has 1 saturated heterocycles. The van der Waals surface area contributed by atoms with Crippen LogP contribution in [0.25, 0.3) is 0 Å². The second kappa shape index (κ2) is 7.02. The van der Waals surface area contributed by atoms with Crippen molar-refractivity contribution in [3.63, 3.8) is 0 Å². The fraction of sp³-hybridized carbons (Fsp3) is 0.632. The van der Waals surface area contributed by atoms with Crippen molar-refractivity contribution in [2.45, 2.75) is 50.2 Å². The first kappa shape index (κ1) is 16.5. The van der Waals surface area contributed by atoms with Gasteiger partial charge in [0.05, 0.1) is 0 Å². The Morgan fingerprint density at radius 2 is 1.91 bits per heavy atom. The molecular formula is C19H27NO3. The quantitative estimate of drug-likeness (QED) is 0.848. The van der Waals surface area contributed by atoms with E-state index in [1.54, 1.807) is 0 Å². The SMILES string of the molecule is CN1CCCC1COC(=O)C(O)(c1ccccc1)C1CCCC1. The van der Waals surface area contributed by atoms with Crippen LogP contribution in [0.2, 0.25) is 0 Å². The van der Waals surface area contributed by atoms with Crippen molar-refractivity contribution in [2.24, 2.45) is 5.92 Å². The first-order valence-electron chi connectivity index (χ1n) is 8.77. The first-order chi connectivity index (χ1) is 11.1. The molecule has 1 N–H and O–H groups in total. The number of carbonyl (C=O) groups is 1. The van der Waals surface area contributed by atoms with E-state index >= 15 is 0 Å². The van der Waals surface area contributed by atoms with Gasteiger partial charge in [0.15, 0.2) is 5.60 Å². The molecule has 0 amide bonds. The number of carbonyl (C=O) groups excluding carboxylic acids is 1. The van der Waals surface area contributed by atoms with Crippen LogP contribution in [0, 0.1) is 5.92 Å². The van der Waals surface area contributed by atoms with Crippen LogP contribution in [0.1, 0.15) is 44.1 Å². The number of ether oxygens (including phenoxy) is 1. The third kappa shape index (κ3) is 3.29.